The monoisotopic (exact) mass is 326 g/mol. The molecule has 0 unspecified atom stereocenters. The zero-order chi connectivity index (χ0) is 16.5. The molecule has 5 heteroatoms. The van der Waals surface area contributed by atoms with E-state index in [1.165, 1.54) is 0 Å². The number of hydrogen-bond acceptors (Lipinski definition) is 5. The van der Waals surface area contributed by atoms with Gasteiger partial charge in [-0.1, -0.05) is 18.2 Å². The lowest BCUT2D eigenvalue weighted by molar-refractivity contribution is -0.183. The van der Waals surface area contributed by atoms with Crippen LogP contribution in [0.2, 0.25) is 0 Å². The molecule has 24 heavy (non-hydrogen) atoms. The second kappa shape index (κ2) is 9.05. The number of rotatable bonds is 7. The third kappa shape index (κ3) is 5.37. The van der Waals surface area contributed by atoms with Crippen LogP contribution in [0.4, 0.5) is 5.69 Å². The number of ether oxygens (including phenoxy) is 3. The molecule has 0 saturated carbocycles. The van der Waals surface area contributed by atoms with Crippen LogP contribution in [0.15, 0.2) is 59.7 Å². The number of nitrogens with zero attached hydrogens (tertiary/aromatic N) is 1. The molecule has 0 radical (unpaired) electrons. The maximum atomic E-state index is 5.72. The summed E-state index contributed by atoms with van der Waals surface area (Å²) in [6.45, 7) is 2.12. The fourth-order valence-corrected chi connectivity index (χ4v) is 2.32. The van der Waals surface area contributed by atoms with E-state index >= 15 is 0 Å². The van der Waals surface area contributed by atoms with Gasteiger partial charge in [-0.15, -0.1) is 0 Å². The summed E-state index contributed by atoms with van der Waals surface area (Å²) in [5.74, 6) is 0.832. The Kier molecular flexibility index (Phi) is 6.22. The van der Waals surface area contributed by atoms with Crippen LogP contribution >= 0.6 is 0 Å². The zero-order valence-electron chi connectivity index (χ0n) is 13.6. The Morgan fingerprint density at radius 2 is 1.79 bits per heavy atom. The van der Waals surface area contributed by atoms with E-state index in [-0.39, 0.29) is 6.29 Å². The lowest BCUT2D eigenvalue weighted by atomic mass is 10.2. The van der Waals surface area contributed by atoms with Crippen molar-refractivity contribution in [1.82, 2.24) is 0 Å². The van der Waals surface area contributed by atoms with E-state index in [1.54, 1.807) is 6.21 Å². The summed E-state index contributed by atoms with van der Waals surface area (Å²) in [7, 11) is 0. The number of para-hydroxylation sites is 1. The molecule has 2 aromatic rings. The molecule has 2 aromatic carbocycles. The topological polar surface area (TPSA) is 52.1 Å². The van der Waals surface area contributed by atoms with E-state index in [4.69, 9.17) is 14.2 Å². The lowest BCUT2D eigenvalue weighted by Crippen LogP contribution is -2.26. The van der Waals surface area contributed by atoms with Crippen LogP contribution in [0.1, 0.15) is 18.4 Å². The highest BCUT2D eigenvalue weighted by Gasteiger charge is 2.13. The highest BCUT2D eigenvalue weighted by atomic mass is 16.7. The van der Waals surface area contributed by atoms with Crippen molar-refractivity contribution in [3.05, 3.63) is 60.2 Å². The number of hydrogen-bond donors (Lipinski definition) is 1. The first-order valence-corrected chi connectivity index (χ1v) is 8.20. The molecule has 1 fully saturated rings. The predicted molar refractivity (Wildman–Crippen MR) is 94.5 cm³/mol. The van der Waals surface area contributed by atoms with Crippen LogP contribution in [0.25, 0.3) is 0 Å². The van der Waals surface area contributed by atoms with E-state index in [1.807, 2.05) is 54.6 Å². The van der Waals surface area contributed by atoms with Gasteiger partial charge in [0, 0.05) is 6.42 Å². The van der Waals surface area contributed by atoms with Crippen molar-refractivity contribution in [2.24, 2.45) is 5.10 Å². The number of benzene rings is 2. The minimum Gasteiger partial charge on any atom is -0.493 e. The fraction of sp³-hybridized carbons (Fsp3) is 0.316. The third-order valence-electron chi connectivity index (χ3n) is 3.58. The summed E-state index contributed by atoms with van der Waals surface area (Å²) in [4.78, 5) is 0. The SMILES string of the molecule is C(=NNc1ccccc1)c1ccc(OCCC2OCCCO2)cc1. The van der Waals surface area contributed by atoms with E-state index in [9.17, 15) is 0 Å². The van der Waals surface area contributed by atoms with E-state index < -0.39 is 0 Å². The predicted octanol–water partition coefficient (Wildman–Crippen LogP) is 3.66. The number of anilines is 1. The van der Waals surface area contributed by atoms with Gasteiger partial charge >= 0.3 is 0 Å². The summed E-state index contributed by atoms with van der Waals surface area (Å²) in [5, 5.41) is 4.22. The summed E-state index contributed by atoms with van der Waals surface area (Å²) < 4.78 is 16.7. The Bertz CT molecular complexity index is 623. The number of nitrogens with one attached hydrogen (secondary N) is 1. The van der Waals surface area contributed by atoms with Gasteiger partial charge in [-0.3, -0.25) is 5.43 Å². The Morgan fingerprint density at radius 3 is 2.54 bits per heavy atom. The summed E-state index contributed by atoms with van der Waals surface area (Å²) >= 11 is 0. The molecule has 0 aromatic heterocycles. The Morgan fingerprint density at radius 1 is 1.04 bits per heavy atom. The van der Waals surface area contributed by atoms with Crippen LogP contribution in [0.5, 0.6) is 5.75 Å². The molecule has 1 aliphatic rings. The van der Waals surface area contributed by atoms with Crippen LogP contribution < -0.4 is 10.2 Å². The molecule has 1 heterocycles. The van der Waals surface area contributed by atoms with Crippen molar-refractivity contribution >= 4 is 11.9 Å². The van der Waals surface area contributed by atoms with Crippen molar-refractivity contribution in [3.8, 4) is 5.75 Å². The van der Waals surface area contributed by atoms with Crippen molar-refractivity contribution in [2.75, 3.05) is 25.2 Å². The van der Waals surface area contributed by atoms with Gasteiger partial charge in [0.2, 0.25) is 0 Å². The third-order valence-corrected chi connectivity index (χ3v) is 3.58. The average molecular weight is 326 g/mol. The Hall–Kier alpha value is -2.37. The molecule has 0 atom stereocenters. The highest BCUT2D eigenvalue weighted by molar-refractivity contribution is 5.80. The van der Waals surface area contributed by atoms with E-state index in [2.05, 4.69) is 10.5 Å². The van der Waals surface area contributed by atoms with Gasteiger partial charge in [-0.05, 0) is 48.4 Å². The molecule has 0 amide bonds. The maximum Gasteiger partial charge on any atom is 0.160 e. The van der Waals surface area contributed by atoms with Gasteiger partial charge in [0.05, 0.1) is 31.7 Å². The minimum atomic E-state index is -0.130. The second-order valence-corrected chi connectivity index (χ2v) is 5.47. The molecule has 3 rings (SSSR count). The van der Waals surface area contributed by atoms with Crippen LogP contribution in [0.3, 0.4) is 0 Å². The fourth-order valence-electron chi connectivity index (χ4n) is 2.32. The van der Waals surface area contributed by atoms with Gasteiger partial charge in [0.1, 0.15) is 5.75 Å². The standard InChI is InChI=1S/C19H22N2O3/c1-2-5-17(6-3-1)21-20-15-16-7-9-18(10-8-16)22-14-11-19-23-12-4-13-24-19/h1-3,5-10,15,19,21H,4,11-14H2. The van der Waals surface area contributed by atoms with Crippen LogP contribution in [0, 0.1) is 0 Å². The largest absolute Gasteiger partial charge is 0.493 e. The van der Waals surface area contributed by atoms with Crippen LogP contribution in [-0.4, -0.2) is 32.3 Å². The van der Waals surface area contributed by atoms with Gasteiger partial charge in [0.25, 0.3) is 0 Å². The van der Waals surface area contributed by atoms with E-state index in [0.29, 0.717) is 6.61 Å². The molecule has 1 N–H and O–H groups in total. The van der Waals surface area contributed by atoms with Crippen LogP contribution in [-0.2, 0) is 9.47 Å². The summed E-state index contributed by atoms with van der Waals surface area (Å²) in [6, 6.07) is 17.7. The minimum absolute atomic E-state index is 0.130. The smallest absolute Gasteiger partial charge is 0.160 e. The molecule has 5 nitrogen and oxygen atoms in total. The second-order valence-electron chi connectivity index (χ2n) is 5.47. The van der Waals surface area contributed by atoms with Crippen molar-refractivity contribution in [2.45, 2.75) is 19.1 Å². The molecular weight excluding hydrogens is 304 g/mol. The first-order chi connectivity index (χ1) is 11.9. The van der Waals surface area contributed by atoms with Gasteiger partial charge in [0.15, 0.2) is 6.29 Å². The maximum absolute atomic E-state index is 5.72. The molecule has 0 bridgehead atoms. The van der Waals surface area contributed by atoms with Gasteiger partial charge < -0.3 is 14.2 Å². The first-order valence-electron chi connectivity index (χ1n) is 8.20. The molecule has 0 spiro atoms. The van der Waals surface area contributed by atoms with Crippen molar-refractivity contribution < 1.29 is 14.2 Å². The summed E-state index contributed by atoms with van der Waals surface area (Å²) in [5.41, 5.74) is 4.95. The van der Waals surface area contributed by atoms with Gasteiger partial charge in [-0.25, -0.2) is 0 Å². The molecule has 1 aliphatic heterocycles. The van der Waals surface area contributed by atoms with Crippen molar-refractivity contribution in [3.63, 3.8) is 0 Å². The first kappa shape index (κ1) is 16.5. The zero-order valence-corrected chi connectivity index (χ0v) is 13.6. The normalized spacial score (nSPS) is 15.5. The molecule has 0 aliphatic carbocycles. The van der Waals surface area contributed by atoms with E-state index in [0.717, 1.165) is 43.1 Å². The van der Waals surface area contributed by atoms with Gasteiger partial charge in [-0.2, -0.15) is 5.10 Å². The quantitative estimate of drug-likeness (QED) is 0.623. The lowest BCUT2D eigenvalue weighted by Gasteiger charge is -2.23. The number of hydrazone groups is 1. The van der Waals surface area contributed by atoms with Crippen molar-refractivity contribution in [1.29, 1.82) is 0 Å². The molecular formula is C19H22N2O3. The molecule has 126 valence electrons. The summed E-state index contributed by atoms with van der Waals surface area (Å²) in [6.07, 6.45) is 3.36. The Balaban J connectivity index is 1.41. The average Bonchev–Trinajstić information content (AvgIpc) is 2.65. The molecule has 1 saturated heterocycles. The highest BCUT2D eigenvalue weighted by Crippen LogP contribution is 2.14. The Labute approximate surface area is 142 Å².